The van der Waals surface area contributed by atoms with Crippen LogP contribution in [-0.4, -0.2) is 36.6 Å². The van der Waals surface area contributed by atoms with Crippen molar-refractivity contribution in [1.29, 1.82) is 0 Å². The van der Waals surface area contributed by atoms with Crippen molar-refractivity contribution >= 4 is 45.2 Å². The summed E-state index contributed by atoms with van der Waals surface area (Å²) in [6.45, 7) is 2.48. The molecule has 0 aliphatic rings. The molecule has 0 saturated carbocycles. The molecule has 206 valence electrons. The molecule has 2 amide bonds. The third-order valence-electron chi connectivity index (χ3n) is 6.16. The van der Waals surface area contributed by atoms with E-state index >= 15 is 0 Å². The monoisotopic (exact) mass is 576 g/mol. The summed E-state index contributed by atoms with van der Waals surface area (Å²) in [5, 5.41) is 5.87. The third kappa shape index (κ3) is 7.68. The minimum absolute atomic E-state index is 0.0472. The van der Waals surface area contributed by atoms with Crippen molar-refractivity contribution in [3.63, 3.8) is 0 Å². The van der Waals surface area contributed by atoms with Gasteiger partial charge in [-0.05, 0) is 54.3 Å². The van der Waals surface area contributed by atoms with Crippen molar-refractivity contribution in [2.24, 2.45) is 5.92 Å². The Hall–Kier alpha value is -4.21. The zero-order chi connectivity index (χ0) is 28.5. The second-order valence-electron chi connectivity index (χ2n) is 9.04. The van der Waals surface area contributed by atoms with Crippen LogP contribution in [0.3, 0.4) is 0 Å². The fourth-order valence-electron chi connectivity index (χ4n) is 4.17. The SMILES string of the molecule is CCN(C(=O)C(Cc1cnn(Cc2ccccc2Cl)c1)C(=O)NS(=O)(=O)C=Cc1ccccc1)c1ccccc1. The second kappa shape index (κ2) is 13.2. The molecule has 1 atom stereocenters. The zero-order valence-electron chi connectivity index (χ0n) is 21.9. The molecule has 8 nitrogen and oxygen atoms in total. The number of para-hydroxylation sites is 1. The number of halogens is 1. The van der Waals surface area contributed by atoms with Gasteiger partial charge in [-0.25, -0.2) is 13.1 Å². The van der Waals surface area contributed by atoms with E-state index in [0.29, 0.717) is 34.9 Å². The molecule has 1 unspecified atom stereocenters. The molecule has 0 fully saturated rings. The minimum Gasteiger partial charge on any atom is -0.312 e. The minimum atomic E-state index is -4.17. The number of aromatic nitrogens is 2. The molecule has 4 rings (SSSR count). The number of nitrogens with zero attached hydrogens (tertiary/aromatic N) is 3. The van der Waals surface area contributed by atoms with Gasteiger partial charge in [0.1, 0.15) is 5.92 Å². The van der Waals surface area contributed by atoms with E-state index in [4.69, 9.17) is 11.6 Å². The first kappa shape index (κ1) is 28.8. The van der Waals surface area contributed by atoms with Crippen LogP contribution in [0, 0.1) is 5.92 Å². The first-order valence-electron chi connectivity index (χ1n) is 12.7. The van der Waals surface area contributed by atoms with Gasteiger partial charge in [-0.1, -0.05) is 78.3 Å². The lowest BCUT2D eigenvalue weighted by Gasteiger charge is -2.25. The number of sulfonamides is 1. The summed E-state index contributed by atoms with van der Waals surface area (Å²) in [5.74, 6) is -2.76. The van der Waals surface area contributed by atoms with Gasteiger partial charge < -0.3 is 4.90 Å². The van der Waals surface area contributed by atoms with Crippen molar-refractivity contribution in [3.05, 3.63) is 124 Å². The zero-order valence-corrected chi connectivity index (χ0v) is 23.4. The number of benzene rings is 3. The number of carbonyl (C=O) groups excluding carboxylic acids is 2. The molecule has 10 heteroatoms. The van der Waals surface area contributed by atoms with Crippen molar-refractivity contribution in [3.8, 4) is 0 Å². The molecule has 0 aliphatic heterocycles. The molecule has 1 N–H and O–H groups in total. The third-order valence-corrected chi connectivity index (χ3v) is 7.51. The molecule has 1 heterocycles. The van der Waals surface area contributed by atoms with Crippen LogP contribution in [0.1, 0.15) is 23.6 Å². The molecule has 4 aromatic rings. The summed E-state index contributed by atoms with van der Waals surface area (Å²) in [4.78, 5) is 28.6. The van der Waals surface area contributed by atoms with Crippen molar-refractivity contribution in [1.82, 2.24) is 14.5 Å². The normalized spacial score (nSPS) is 12.2. The Bertz CT molecular complexity index is 1590. The molecule has 0 radical (unpaired) electrons. The Labute approximate surface area is 239 Å². The molecule has 3 aromatic carbocycles. The number of rotatable bonds is 11. The topological polar surface area (TPSA) is 101 Å². The standard InChI is InChI=1S/C30H29ClN4O4S/c1-2-35(26-14-7-4-8-15-26)30(37)27(29(36)33-40(38,39)18-17-23-11-5-3-6-12-23)19-24-20-32-34(21-24)22-25-13-9-10-16-28(25)31/h3-18,20-21,27H,2,19,22H2,1H3,(H,33,36). The van der Waals surface area contributed by atoms with Gasteiger partial charge in [-0.3, -0.25) is 14.3 Å². The van der Waals surface area contributed by atoms with Crippen LogP contribution in [-0.2, 0) is 32.6 Å². The van der Waals surface area contributed by atoms with Crippen LogP contribution >= 0.6 is 11.6 Å². The van der Waals surface area contributed by atoms with Crippen LogP contribution < -0.4 is 9.62 Å². The average molecular weight is 577 g/mol. The van der Waals surface area contributed by atoms with Gasteiger partial charge in [0.2, 0.25) is 11.8 Å². The summed E-state index contributed by atoms with van der Waals surface area (Å²) < 4.78 is 29.3. The number of anilines is 1. The lowest BCUT2D eigenvalue weighted by atomic mass is 9.99. The average Bonchev–Trinajstić information content (AvgIpc) is 3.40. The molecule has 0 saturated heterocycles. The van der Waals surface area contributed by atoms with E-state index in [9.17, 15) is 18.0 Å². The fraction of sp³-hybridized carbons (Fsp3) is 0.167. The van der Waals surface area contributed by atoms with E-state index < -0.39 is 27.8 Å². The Morgan fingerprint density at radius 2 is 1.65 bits per heavy atom. The van der Waals surface area contributed by atoms with E-state index in [2.05, 4.69) is 9.82 Å². The van der Waals surface area contributed by atoms with Gasteiger partial charge in [0.05, 0.1) is 18.1 Å². The lowest BCUT2D eigenvalue weighted by Crippen LogP contribution is -2.46. The summed E-state index contributed by atoms with van der Waals surface area (Å²) in [6, 6.07) is 25.1. The summed E-state index contributed by atoms with van der Waals surface area (Å²) in [7, 11) is -4.17. The highest BCUT2D eigenvalue weighted by Crippen LogP contribution is 2.21. The van der Waals surface area contributed by atoms with Crippen LogP contribution in [0.5, 0.6) is 0 Å². The highest BCUT2D eigenvalue weighted by molar-refractivity contribution is 7.93. The molecule has 40 heavy (non-hydrogen) atoms. The Morgan fingerprint density at radius 3 is 2.33 bits per heavy atom. The Kier molecular flexibility index (Phi) is 9.52. The Balaban J connectivity index is 1.58. The van der Waals surface area contributed by atoms with Crippen LogP contribution in [0.25, 0.3) is 6.08 Å². The maximum absolute atomic E-state index is 13.7. The van der Waals surface area contributed by atoms with E-state index in [1.54, 1.807) is 78.6 Å². The van der Waals surface area contributed by atoms with Crippen molar-refractivity contribution in [2.75, 3.05) is 11.4 Å². The van der Waals surface area contributed by atoms with Crippen LogP contribution in [0.2, 0.25) is 5.02 Å². The molecule has 0 aliphatic carbocycles. The van der Waals surface area contributed by atoms with E-state index in [1.807, 2.05) is 30.3 Å². The number of hydrogen-bond acceptors (Lipinski definition) is 5. The van der Waals surface area contributed by atoms with Crippen LogP contribution in [0.4, 0.5) is 5.69 Å². The number of amides is 2. The highest BCUT2D eigenvalue weighted by atomic mass is 35.5. The smallest absolute Gasteiger partial charge is 0.257 e. The fourth-order valence-corrected chi connectivity index (χ4v) is 5.19. The maximum atomic E-state index is 13.7. The number of hydrogen-bond donors (Lipinski definition) is 1. The first-order chi connectivity index (χ1) is 19.3. The van der Waals surface area contributed by atoms with Crippen molar-refractivity contribution < 1.29 is 18.0 Å². The van der Waals surface area contributed by atoms with Gasteiger partial charge in [-0.2, -0.15) is 5.10 Å². The van der Waals surface area contributed by atoms with Crippen LogP contribution in [0.15, 0.2) is 103 Å². The van der Waals surface area contributed by atoms with Gasteiger partial charge >= 0.3 is 0 Å². The number of nitrogens with one attached hydrogen (secondary N) is 1. The quantitative estimate of drug-likeness (QED) is 0.256. The first-order valence-corrected chi connectivity index (χ1v) is 14.6. The summed E-state index contributed by atoms with van der Waals surface area (Å²) >= 11 is 6.28. The molecule has 0 spiro atoms. The predicted octanol–water partition coefficient (Wildman–Crippen LogP) is 4.91. The lowest BCUT2D eigenvalue weighted by molar-refractivity contribution is -0.132. The summed E-state index contributed by atoms with van der Waals surface area (Å²) in [6.07, 6.45) is 4.62. The predicted molar refractivity (Wildman–Crippen MR) is 157 cm³/mol. The van der Waals surface area contributed by atoms with Gasteiger partial charge in [0.15, 0.2) is 0 Å². The molecular formula is C30H29ClN4O4S. The van der Waals surface area contributed by atoms with Crippen molar-refractivity contribution in [2.45, 2.75) is 19.9 Å². The molecule has 1 aromatic heterocycles. The van der Waals surface area contributed by atoms with E-state index in [-0.39, 0.29) is 6.42 Å². The largest absolute Gasteiger partial charge is 0.312 e. The second-order valence-corrected chi connectivity index (χ2v) is 11.0. The highest BCUT2D eigenvalue weighted by Gasteiger charge is 2.33. The number of carbonyl (C=O) groups is 2. The van der Waals surface area contributed by atoms with Gasteiger partial charge in [0, 0.05) is 23.5 Å². The molecule has 0 bridgehead atoms. The van der Waals surface area contributed by atoms with Gasteiger partial charge in [0.25, 0.3) is 10.0 Å². The maximum Gasteiger partial charge on any atom is 0.257 e. The van der Waals surface area contributed by atoms with Gasteiger partial charge in [-0.15, -0.1) is 0 Å². The van der Waals surface area contributed by atoms with E-state index in [1.165, 1.54) is 11.0 Å². The molecular weight excluding hydrogens is 548 g/mol. The Morgan fingerprint density at radius 1 is 1.00 bits per heavy atom. The summed E-state index contributed by atoms with van der Waals surface area (Å²) in [5.41, 5.74) is 2.72. The van der Waals surface area contributed by atoms with E-state index in [0.717, 1.165) is 11.0 Å².